The fourth-order valence-electron chi connectivity index (χ4n) is 3.97. The number of fused-ring (bicyclic) bond motifs is 2. The third-order valence-electron chi connectivity index (χ3n) is 5.38. The maximum Gasteiger partial charge on any atom is 0.227 e. The number of benzene rings is 1. The van der Waals surface area contributed by atoms with Crippen molar-refractivity contribution in [2.75, 3.05) is 26.3 Å². The van der Waals surface area contributed by atoms with E-state index in [-0.39, 0.29) is 60.5 Å². The zero-order valence-corrected chi connectivity index (χ0v) is 19.6. The van der Waals surface area contributed by atoms with Crippen molar-refractivity contribution in [2.45, 2.75) is 58.0 Å². The number of carbonyl (C=O) groups is 3. The van der Waals surface area contributed by atoms with Crippen LogP contribution in [0.5, 0.6) is 11.5 Å². The Morgan fingerprint density at radius 1 is 1.12 bits per heavy atom. The summed E-state index contributed by atoms with van der Waals surface area (Å²) in [6.07, 6.45) is 2.10. The molecule has 0 unspecified atom stereocenters. The molecule has 0 spiro atoms. The molecule has 180 valence electrons. The first-order valence-electron chi connectivity index (χ1n) is 10.9. The van der Waals surface area contributed by atoms with Gasteiger partial charge in [0, 0.05) is 32.1 Å². The lowest BCUT2D eigenvalue weighted by Gasteiger charge is -2.20. The van der Waals surface area contributed by atoms with Gasteiger partial charge < -0.3 is 29.0 Å². The number of Topliss-reactive ketones (excluding diaryl/α,β-unsaturated/α-hetero) is 2. The standard InChI is InChI=1S/C24H31NO8/c1-14-7-6-8-17(26)23-20(32-24(2,3)33-23)12-21(28)25-16-10-15(30-5)11-19(31-13-29-4)22(16)18(27)9-14/h6-7,10-11,14,20,23H,8-9,12-13H2,1-5H3,(H,25,28)/t14-,20-,23+/m0/s1. The SMILES string of the molecule is COCOc1cc(OC)cc2c1C(=O)C[C@@H](C)C=CCC(=O)[C@H]1OC(C)(C)O[C@H]1CC(=O)N2. The van der Waals surface area contributed by atoms with Crippen LogP contribution in [0.3, 0.4) is 0 Å². The summed E-state index contributed by atoms with van der Waals surface area (Å²) in [7, 11) is 2.95. The minimum Gasteiger partial charge on any atom is -0.497 e. The Morgan fingerprint density at radius 2 is 1.88 bits per heavy atom. The van der Waals surface area contributed by atoms with Crippen LogP contribution in [0.25, 0.3) is 0 Å². The molecule has 1 N–H and O–H groups in total. The number of amides is 1. The maximum atomic E-state index is 13.2. The third-order valence-corrected chi connectivity index (χ3v) is 5.38. The molecule has 33 heavy (non-hydrogen) atoms. The Balaban J connectivity index is 2.03. The van der Waals surface area contributed by atoms with Crippen LogP contribution in [0.2, 0.25) is 0 Å². The average molecular weight is 462 g/mol. The fraction of sp³-hybridized carbons (Fsp3) is 0.542. The monoisotopic (exact) mass is 461 g/mol. The minimum absolute atomic E-state index is 0.0809. The summed E-state index contributed by atoms with van der Waals surface area (Å²) >= 11 is 0. The smallest absolute Gasteiger partial charge is 0.227 e. The van der Waals surface area contributed by atoms with E-state index in [4.69, 9.17) is 23.7 Å². The van der Waals surface area contributed by atoms with E-state index in [1.807, 2.05) is 13.0 Å². The van der Waals surface area contributed by atoms with Crippen LogP contribution in [-0.4, -0.2) is 56.5 Å². The molecule has 1 saturated heterocycles. The van der Waals surface area contributed by atoms with Crippen LogP contribution in [0.15, 0.2) is 24.3 Å². The fourth-order valence-corrected chi connectivity index (χ4v) is 3.97. The number of carbonyl (C=O) groups excluding carboxylic acids is 3. The number of hydrogen-bond donors (Lipinski definition) is 1. The van der Waals surface area contributed by atoms with E-state index < -0.39 is 23.9 Å². The summed E-state index contributed by atoms with van der Waals surface area (Å²) in [5.41, 5.74) is 0.486. The van der Waals surface area contributed by atoms with Crippen LogP contribution >= 0.6 is 0 Å². The van der Waals surface area contributed by atoms with E-state index in [9.17, 15) is 14.4 Å². The van der Waals surface area contributed by atoms with Crippen molar-refractivity contribution in [2.24, 2.45) is 5.92 Å². The molecule has 0 saturated carbocycles. The number of anilines is 1. The van der Waals surface area contributed by atoms with Crippen molar-refractivity contribution in [3.8, 4) is 11.5 Å². The molecule has 1 amide bonds. The quantitative estimate of drug-likeness (QED) is 0.538. The molecular formula is C24H31NO8. The lowest BCUT2D eigenvalue weighted by Crippen LogP contribution is -2.34. The van der Waals surface area contributed by atoms with Crippen molar-refractivity contribution in [1.82, 2.24) is 0 Å². The zero-order chi connectivity index (χ0) is 24.2. The van der Waals surface area contributed by atoms with Crippen molar-refractivity contribution >= 4 is 23.2 Å². The van der Waals surface area contributed by atoms with Gasteiger partial charge in [-0.3, -0.25) is 14.4 Å². The highest BCUT2D eigenvalue weighted by Crippen LogP contribution is 2.36. The van der Waals surface area contributed by atoms with Gasteiger partial charge in [-0.05, 0) is 19.8 Å². The number of ketones is 2. The van der Waals surface area contributed by atoms with E-state index in [1.54, 1.807) is 32.1 Å². The topological polar surface area (TPSA) is 109 Å². The van der Waals surface area contributed by atoms with Crippen LogP contribution < -0.4 is 14.8 Å². The second kappa shape index (κ2) is 10.5. The number of hydrogen-bond acceptors (Lipinski definition) is 8. The number of methoxy groups -OCH3 is 2. The first-order valence-corrected chi connectivity index (χ1v) is 10.9. The van der Waals surface area contributed by atoms with Gasteiger partial charge in [0.2, 0.25) is 5.91 Å². The van der Waals surface area contributed by atoms with Crippen LogP contribution in [0, 0.1) is 5.92 Å². The Labute approximate surface area is 193 Å². The first kappa shape index (κ1) is 24.9. The normalized spacial score (nSPS) is 25.6. The maximum absolute atomic E-state index is 13.2. The highest BCUT2D eigenvalue weighted by atomic mass is 16.8. The van der Waals surface area contributed by atoms with E-state index in [1.165, 1.54) is 14.2 Å². The molecule has 0 aromatic heterocycles. The molecular weight excluding hydrogens is 430 g/mol. The number of rotatable bonds is 4. The molecule has 0 bridgehead atoms. The Hall–Kier alpha value is -2.75. The highest BCUT2D eigenvalue weighted by molar-refractivity contribution is 6.07. The Morgan fingerprint density at radius 3 is 2.58 bits per heavy atom. The molecule has 0 radical (unpaired) electrons. The predicted octanol–water partition coefficient (Wildman–Crippen LogP) is 3.26. The number of nitrogens with one attached hydrogen (secondary N) is 1. The molecule has 1 aromatic rings. The average Bonchev–Trinajstić information content (AvgIpc) is 3.04. The molecule has 1 fully saturated rings. The Bertz CT molecular complexity index is 939. The van der Waals surface area contributed by atoms with Gasteiger partial charge in [-0.25, -0.2) is 0 Å². The van der Waals surface area contributed by atoms with Gasteiger partial charge in [0.05, 0.1) is 24.8 Å². The molecule has 2 heterocycles. The van der Waals surface area contributed by atoms with E-state index in [0.29, 0.717) is 5.75 Å². The third kappa shape index (κ3) is 6.19. The lowest BCUT2D eigenvalue weighted by molar-refractivity contribution is -0.155. The van der Waals surface area contributed by atoms with Gasteiger partial charge in [-0.2, -0.15) is 0 Å². The summed E-state index contributed by atoms with van der Waals surface area (Å²) in [5, 5.41) is 2.78. The zero-order valence-electron chi connectivity index (χ0n) is 19.6. The molecule has 2 aliphatic heterocycles. The second-order valence-electron chi connectivity index (χ2n) is 8.65. The van der Waals surface area contributed by atoms with Gasteiger partial charge in [-0.15, -0.1) is 0 Å². The molecule has 0 aliphatic carbocycles. The van der Waals surface area contributed by atoms with E-state index in [0.717, 1.165) is 0 Å². The summed E-state index contributed by atoms with van der Waals surface area (Å²) in [6, 6.07) is 3.15. The molecule has 2 aliphatic rings. The number of allylic oxidation sites excluding steroid dienone is 2. The number of ether oxygens (including phenoxy) is 5. The molecule has 1 aromatic carbocycles. The van der Waals surface area contributed by atoms with Crippen molar-refractivity contribution in [3.63, 3.8) is 0 Å². The highest BCUT2D eigenvalue weighted by Gasteiger charge is 2.45. The van der Waals surface area contributed by atoms with Crippen LogP contribution in [0.1, 0.15) is 50.4 Å². The van der Waals surface area contributed by atoms with Gasteiger partial charge in [0.25, 0.3) is 0 Å². The molecule has 9 heteroatoms. The van der Waals surface area contributed by atoms with E-state index >= 15 is 0 Å². The summed E-state index contributed by atoms with van der Waals surface area (Å²) < 4.78 is 27.6. The van der Waals surface area contributed by atoms with Gasteiger partial charge in [-0.1, -0.05) is 19.1 Å². The molecule has 9 nitrogen and oxygen atoms in total. The van der Waals surface area contributed by atoms with Crippen molar-refractivity contribution < 1.29 is 38.1 Å². The largest absolute Gasteiger partial charge is 0.497 e. The van der Waals surface area contributed by atoms with Crippen LogP contribution in [-0.2, 0) is 23.8 Å². The van der Waals surface area contributed by atoms with Gasteiger partial charge >= 0.3 is 0 Å². The summed E-state index contributed by atoms with van der Waals surface area (Å²) in [5.74, 6) is -1.33. The summed E-state index contributed by atoms with van der Waals surface area (Å²) in [6.45, 7) is 5.21. The first-order chi connectivity index (χ1) is 15.6. The molecule has 3 atom stereocenters. The van der Waals surface area contributed by atoms with Gasteiger partial charge in [0.1, 0.15) is 23.7 Å². The Kier molecular flexibility index (Phi) is 7.88. The minimum atomic E-state index is -0.992. The second-order valence-corrected chi connectivity index (χ2v) is 8.65. The van der Waals surface area contributed by atoms with Gasteiger partial charge in [0.15, 0.2) is 24.1 Å². The molecule has 3 rings (SSSR count). The lowest BCUT2D eigenvalue weighted by atomic mass is 9.95. The van der Waals surface area contributed by atoms with Crippen molar-refractivity contribution in [3.05, 3.63) is 29.8 Å². The van der Waals surface area contributed by atoms with Crippen molar-refractivity contribution in [1.29, 1.82) is 0 Å². The predicted molar refractivity (Wildman–Crippen MR) is 119 cm³/mol. The summed E-state index contributed by atoms with van der Waals surface area (Å²) in [4.78, 5) is 39.0. The van der Waals surface area contributed by atoms with E-state index in [2.05, 4.69) is 5.32 Å². The van der Waals surface area contributed by atoms with Crippen LogP contribution in [0.4, 0.5) is 5.69 Å².